The van der Waals surface area contributed by atoms with Crippen LogP contribution in [0.2, 0.25) is 0 Å². The highest BCUT2D eigenvalue weighted by Crippen LogP contribution is 2.50. The zero-order valence-corrected chi connectivity index (χ0v) is 15.5. The van der Waals surface area contributed by atoms with Crippen molar-refractivity contribution in [3.63, 3.8) is 0 Å². The van der Waals surface area contributed by atoms with Gasteiger partial charge in [0.1, 0.15) is 17.0 Å². The largest absolute Gasteiger partial charge is 0.507 e. The van der Waals surface area contributed by atoms with Gasteiger partial charge in [0.05, 0.1) is 10.6 Å². The summed E-state index contributed by atoms with van der Waals surface area (Å²) in [5.74, 6) is 0.758. The standard InChI is InChI=1S/C21H19N3O4/c1-21(2)12-11-17-19(25)16-6-4-3-5-15(16)18(20(17)28-21)23-22-13-7-9-14(10-8-13)24(26)27/h3-10,25H,11-12H2,1-2H3. The Bertz CT molecular complexity index is 1100. The summed E-state index contributed by atoms with van der Waals surface area (Å²) >= 11 is 0. The molecule has 0 unspecified atom stereocenters. The van der Waals surface area contributed by atoms with E-state index in [9.17, 15) is 15.2 Å². The predicted molar refractivity (Wildman–Crippen MR) is 106 cm³/mol. The molecule has 28 heavy (non-hydrogen) atoms. The normalized spacial score (nSPS) is 15.4. The molecule has 0 atom stereocenters. The molecule has 0 saturated heterocycles. The quantitative estimate of drug-likeness (QED) is 0.345. The molecule has 0 fully saturated rings. The van der Waals surface area contributed by atoms with E-state index in [1.807, 2.05) is 38.1 Å². The third-order valence-corrected chi connectivity index (χ3v) is 4.89. The zero-order chi connectivity index (χ0) is 19.9. The number of rotatable bonds is 3. The Hall–Kier alpha value is -3.48. The minimum Gasteiger partial charge on any atom is -0.507 e. The van der Waals surface area contributed by atoms with Crippen LogP contribution in [0.4, 0.5) is 17.1 Å². The molecule has 1 aliphatic rings. The number of nitro groups is 1. The van der Waals surface area contributed by atoms with Crippen molar-refractivity contribution in [3.05, 3.63) is 64.2 Å². The number of hydrogen-bond acceptors (Lipinski definition) is 6. The lowest BCUT2D eigenvalue weighted by atomic mass is 9.91. The van der Waals surface area contributed by atoms with Crippen molar-refractivity contribution in [2.24, 2.45) is 10.2 Å². The summed E-state index contributed by atoms with van der Waals surface area (Å²) in [5.41, 5.74) is 1.40. The lowest BCUT2D eigenvalue weighted by molar-refractivity contribution is -0.384. The number of nitrogens with zero attached hydrogens (tertiary/aromatic N) is 3. The van der Waals surface area contributed by atoms with Gasteiger partial charge in [-0.1, -0.05) is 24.3 Å². The van der Waals surface area contributed by atoms with Crippen LogP contribution in [0.25, 0.3) is 10.8 Å². The number of phenolic OH excluding ortho intramolecular Hbond substituents is 1. The fraction of sp³-hybridized carbons (Fsp3) is 0.238. The van der Waals surface area contributed by atoms with Crippen LogP contribution in [0.1, 0.15) is 25.8 Å². The lowest BCUT2D eigenvalue weighted by Gasteiger charge is -2.34. The van der Waals surface area contributed by atoms with E-state index in [4.69, 9.17) is 4.74 Å². The number of benzene rings is 3. The van der Waals surface area contributed by atoms with Gasteiger partial charge in [-0.3, -0.25) is 10.1 Å². The summed E-state index contributed by atoms with van der Waals surface area (Å²) in [6.07, 6.45) is 1.46. The molecule has 0 aliphatic carbocycles. The van der Waals surface area contributed by atoms with Gasteiger partial charge in [0.2, 0.25) is 0 Å². The van der Waals surface area contributed by atoms with Crippen LogP contribution < -0.4 is 4.74 Å². The van der Waals surface area contributed by atoms with E-state index >= 15 is 0 Å². The summed E-state index contributed by atoms with van der Waals surface area (Å²) < 4.78 is 6.18. The molecule has 7 nitrogen and oxygen atoms in total. The van der Waals surface area contributed by atoms with Gasteiger partial charge < -0.3 is 9.84 Å². The van der Waals surface area contributed by atoms with Crippen LogP contribution >= 0.6 is 0 Å². The Kier molecular flexibility index (Phi) is 4.22. The van der Waals surface area contributed by atoms with E-state index in [-0.39, 0.29) is 17.0 Å². The Balaban J connectivity index is 1.85. The van der Waals surface area contributed by atoms with E-state index in [2.05, 4.69) is 10.2 Å². The monoisotopic (exact) mass is 377 g/mol. The zero-order valence-electron chi connectivity index (χ0n) is 15.5. The molecule has 0 radical (unpaired) electrons. The van der Waals surface area contributed by atoms with Gasteiger partial charge in [0, 0.05) is 28.5 Å². The maximum Gasteiger partial charge on any atom is 0.269 e. The Morgan fingerprint density at radius 3 is 2.43 bits per heavy atom. The molecule has 1 heterocycles. The lowest BCUT2D eigenvalue weighted by Crippen LogP contribution is -2.32. The third kappa shape index (κ3) is 3.15. The topological polar surface area (TPSA) is 97.3 Å². The predicted octanol–water partition coefficient (Wildman–Crippen LogP) is 5.97. The summed E-state index contributed by atoms with van der Waals surface area (Å²) in [4.78, 5) is 10.3. The molecule has 0 bridgehead atoms. The summed E-state index contributed by atoms with van der Waals surface area (Å²) in [5, 5.41) is 31.7. The summed E-state index contributed by atoms with van der Waals surface area (Å²) in [7, 11) is 0. The second kappa shape index (κ2) is 6.60. The third-order valence-electron chi connectivity index (χ3n) is 4.89. The smallest absolute Gasteiger partial charge is 0.269 e. The number of hydrogen-bond donors (Lipinski definition) is 1. The first kappa shape index (κ1) is 17.9. The van der Waals surface area contributed by atoms with Crippen LogP contribution in [0.5, 0.6) is 11.5 Å². The number of phenols is 1. The fourth-order valence-corrected chi connectivity index (χ4v) is 3.37. The van der Waals surface area contributed by atoms with Crippen molar-refractivity contribution < 1.29 is 14.8 Å². The Labute approximate surface area is 161 Å². The van der Waals surface area contributed by atoms with E-state index in [1.165, 1.54) is 12.1 Å². The van der Waals surface area contributed by atoms with Crippen LogP contribution in [0.3, 0.4) is 0 Å². The average Bonchev–Trinajstić information content (AvgIpc) is 2.67. The maximum atomic E-state index is 10.8. The minimum absolute atomic E-state index is 0.00324. The van der Waals surface area contributed by atoms with E-state index in [0.29, 0.717) is 28.9 Å². The highest BCUT2D eigenvalue weighted by molar-refractivity contribution is 6.01. The molecule has 0 saturated carbocycles. The fourth-order valence-electron chi connectivity index (χ4n) is 3.37. The summed E-state index contributed by atoms with van der Waals surface area (Å²) in [6, 6.07) is 13.3. The van der Waals surface area contributed by atoms with Gasteiger partial charge in [0.25, 0.3) is 5.69 Å². The number of ether oxygens (including phenoxy) is 1. The highest BCUT2D eigenvalue weighted by Gasteiger charge is 2.32. The van der Waals surface area contributed by atoms with Crippen molar-refractivity contribution in [3.8, 4) is 11.5 Å². The maximum absolute atomic E-state index is 10.8. The van der Waals surface area contributed by atoms with Crippen LogP contribution in [-0.4, -0.2) is 15.6 Å². The summed E-state index contributed by atoms with van der Waals surface area (Å²) in [6.45, 7) is 4.00. The molecule has 0 amide bonds. The molecule has 0 aromatic heterocycles. The first-order chi connectivity index (χ1) is 13.4. The SMILES string of the molecule is CC1(C)CCc2c(c(N=Nc3ccc([N+](=O)[O-])cc3)c3ccccc3c2O)O1. The molecule has 1 aliphatic heterocycles. The van der Waals surface area contributed by atoms with Gasteiger partial charge in [-0.25, -0.2) is 0 Å². The number of aromatic hydroxyl groups is 1. The second-order valence-corrected chi connectivity index (χ2v) is 7.39. The Morgan fingerprint density at radius 1 is 1.07 bits per heavy atom. The van der Waals surface area contributed by atoms with Crippen molar-refractivity contribution >= 4 is 27.8 Å². The first-order valence-corrected chi connectivity index (χ1v) is 8.97. The molecular formula is C21H19N3O4. The molecule has 0 spiro atoms. The Morgan fingerprint density at radius 2 is 1.75 bits per heavy atom. The van der Waals surface area contributed by atoms with Crippen molar-refractivity contribution in [2.75, 3.05) is 0 Å². The van der Waals surface area contributed by atoms with Gasteiger partial charge in [0.15, 0.2) is 5.75 Å². The molecule has 142 valence electrons. The van der Waals surface area contributed by atoms with Crippen molar-refractivity contribution in [2.45, 2.75) is 32.3 Å². The number of nitro benzene ring substituents is 1. The van der Waals surface area contributed by atoms with E-state index in [0.717, 1.165) is 17.4 Å². The van der Waals surface area contributed by atoms with E-state index in [1.54, 1.807) is 12.1 Å². The molecular weight excluding hydrogens is 358 g/mol. The molecule has 7 heteroatoms. The number of non-ortho nitro benzene ring substituents is 1. The van der Waals surface area contributed by atoms with Gasteiger partial charge >= 0.3 is 0 Å². The number of fused-ring (bicyclic) bond motifs is 2. The van der Waals surface area contributed by atoms with E-state index < -0.39 is 4.92 Å². The molecule has 3 aromatic carbocycles. The van der Waals surface area contributed by atoms with Crippen molar-refractivity contribution in [1.82, 2.24) is 0 Å². The van der Waals surface area contributed by atoms with Gasteiger partial charge in [-0.15, -0.1) is 5.11 Å². The van der Waals surface area contributed by atoms with Crippen LogP contribution in [0, 0.1) is 10.1 Å². The van der Waals surface area contributed by atoms with Gasteiger partial charge in [-0.05, 0) is 38.8 Å². The minimum atomic E-state index is -0.458. The highest BCUT2D eigenvalue weighted by atomic mass is 16.6. The first-order valence-electron chi connectivity index (χ1n) is 8.97. The number of azo groups is 1. The van der Waals surface area contributed by atoms with Crippen LogP contribution in [0.15, 0.2) is 58.8 Å². The van der Waals surface area contributed by atoms with Gasteiger partial charge in [-0.2, -0.15) is 5.11 Å². The van der Waals surface area contributed by atoms with Crippen LogP contribution in [-0.2, 0) is 6.42 Å². The second-order valence-electron chi connectivity index (χ2n) is 7.39. The van der Waals surface area contributed by atoms with Crippen molar-refractivity contribution in [1.29, 1.82) is 0 Å². The molecule has 4 rings (SSSR count). The molecule has 1 N–H and O–H groups in total. The molecule has 3 aromatic rings. The average molecular weight is 377 g/mol.